The molecule has 0 saturated carbocycles. The standard InChI is InChI=1S/C77H136O6/c1-4-7-10-13-16-19-22-25-28-30-32-34-36-38-40-41-43-45-47-49-52-55-58-61-64-67-70-76(79)82-73-74(72-81-75(78)69-66-63-60-57-54-51-27-24-21-18-15-12-9-6-3)83-77(80)71-68-65-62-59-56-53-50-48-46-44-42-39-37-35-33-31-29-26-23-20-17-14-11-8-5-2/h8,11,17,20,26,29,33,35,39,42,46,48,53,56,74H,4-7,9-10,12-16,18-19,21-25,27-28,30-32,34,36-38,40-41,43-45,47,49-52,54-55,57-73H2,1-3H3/b11-8-,20-17-,29-26-,35-33-,42-39-,48-46-,56-53-. The number of allylic oxidation sites excluding steroid dienone is 14. The van der Waals surface area contributed by atoms with Gasteiger partial charge in [0.05, 0.1) is 0 Å². The second-order valence-electron chi connectivity index (χ2n) is 24.1. The van der Waals surface area contributed by atoms with Crippen molar-refractivity contribution in [3.05, 3.63) is 85.1 Å². The molecule has 0 heterocycles. The van der Waals surface area contributed by atoms with E-state index >= 15 is 0 Å². The Morgan fingerprint density at radius 1 is 0.253 bits per heavy atom. The van der Waals surface area contributed by atoms with Gasteiger partial charge < -0.3 is 14.2 Å². The largest absolute Gasteiger partial charge is 0.462 e. The molecule has 0 aliphatic heterocycles. The Balaban J connectivity index is 4.34. The van der Waals surface area contributed by atoms with E-state index in [0.717, 1.165) is 109 Å². The first-order chi connectivity index (χ1) is 41.0. The molecule has 83 heavy (non-hydrogen) atoms. The highest BCUT2D eigenvalue weighted by Crippen LogP contribution is 2.18. The third kappa shape index (κ3) is 69.3. The van der Waals surface area contributed by atoms with Crippen molar-refractivity contribution in [2.45, 2.75) is 374 Å². The first-order valence-electron chi connectivity index (χ1n) is 36.1. The maximum Gasteiger partial charge on any atom is 0.306 e. The Bertz CT molecular complexity index is 1570. The minimum Gasteiger partial charge on any atom is -0.462 e. The van der Waals surface area contributed by atoms with Gasteiger partial charge >= 0.3 is 17.9 Å². The summed E-state index contributed by atoms with van der Waals surface area (Å²) in [5.41, 5.74) is 0. The quantitative estimate of drug-likeness (QED) is 0.0261. The molecule has 0 rings (SSSR count). The molecule has 0 bridgehead atoms. The van der Waals surface area contributed by atoms with Crippen molar-refractivity contribution in [2.75, 3.05) is 13.2 Å². The van der Waals surface area contributed by atoms with Crippen molar-refractivity contribution in [1.82, 2.24) is 0 Å². The molecule has 0 fully saturated rings. The van der Waals surface area contributed by atoms with E-state index in [2.05, 4.69) is 106 Å². The molecule has 6 heteroatoms. The molecule has 0 saturated heterocycles. The third-order valence-electron chi connectivity index (χ3n) is 15.9. The van der Waals surface area contributed by atoms with Crippen LogP contribution in [-0.4, -0.2) is 37.2 Å². The Morgan fingerprint density at radius 3 is 0.735 bits per heavy atom. The number of unbranched alkanes of at least 4 members (excludes halogenated alkanes) is 41. The minimum absolute atomic E-state index is 0.0856. The van der Waals surface area contributed by atoms with Crippen molar-refractivity contribution < 1.29 is 28.6 Å². The molecule has 0 amide bonds. The molecule has 6 nitrogen and oxygen atoms in total. The number of hydrogen-bond donors (Lipinski definition) is 0. The van der Waals surface area contributed by atoms with Crippen molar-refractivity contribution in [3.8, 4) is 0 Å². The number of ether oxygens (including phenoxy) is 3. The Hall–Kier alpha value is -3.41. The summed E-state index contributed by atoms with van der Waals surface area (Å²) in [5.74, 6) is -0.897. The Morgan fingerprint density at radius 2 is 0.470 bits per heavy atom. The lowest BCUT2D eigenvalue weighted by Crippen LogP contribution is -2.30. The van der Waals surface area contributed by atoms with Crippen LogP contribution in [0.25, 0.3) is 0 Å². The molecule has 0 aliphatic rings. The van der Waals surface area contributed by atoms with Crippen molar-refractivity contribution in [1.29, 1.82) is 0 Å². The average Bonchev–Trinajstić information content (AvgIpc) is 3.49. The van der Waals surface area contributed by atoms with E-state index in [1.807, 2.05) is 0 Å². The van der Waals surface area contributed by atoms with Crippen molar-refractivity contribution in [3.63, 3.8) is 0 Å². The smallest absolute Gasteiger partial charge is 0.306 e. The van der Waals surface area contributed by atoms with Gasteiger partial charge in [0.1, 0.15) is 13.2 Å². The predicted octanol–water partition coefficient (Wildman–Crippen LogP) is 25.0. The zero-order valence-electron chi connectivity index (χ0n) is 55.2. The topological polar surface area (TPSA) is 78.9 Å². The van der Waals surface area contributed by atoms with Crippen LogP contribution in [0.2, 0.25) is 0 Å². The number of carbonyl (C=O) groups is 3. The van der Waals surface area contributed by atoms with E-state index in [4.69, 9.17) is 14.2 Å². The van der Waals surface area contributed by atoms with E-state index < -0.39 is 6.10 Å². The Kier molecular flexibility index (Phi) is 68.2. The van der Waals surface area contributed by atoms with E-state index in [1.54, 1.807) is 0 Å². The van der Waals surface area contributed by atoms with Crippen LogP contribution in [-0.2, 0) is 28.6 Å². The number of rotatable bonds is 66. The van der Waals surface area contributed by atoms with Gasteiger partial charge in [-0.25, -0.2) is 0 Å². The summed E-state index contributed by atoms with van der Waals surface area (Å²) >= 11 is 0. The molecule has 480 valence electrons. The molecular weight excluding hydrogens is 1020 g/mol. The van der Waals surface area contributed by atoms with Gasteiger partial charge in [-0.1, -0.05) is 356 Å². The second kappa shape index (κ2) is 71.1. The van der Waals surface area contributed by atoms with Crippen LogP contribution >= 0.6 is 0 Å². The number of hydrogen-bond acceptors (Lipinski definition) is 6. The van der Waals surface area contributed by atoms with Crippen LogP contribution < -0.4 is 0 Å². The molecular formula is C77H136O6. The number of carbonyl (C=O) groups excluding carboxylic acids is 3. The fraction of sp³-hybridized carbons (Fsp3) is 0.779. The monoisotopic (exact) mass is 1160 g/mol. The number of esters is 3. The second-order valence-corrected chi connectivity index (χ2v) is 24.1. The molecule has 0 aliphatic carbocycles. The molecule has 0 aromatic carbocycles. The fourth-order valence-electron chi connectivity index (χ4n) is 10.5. The van der Waals surface area contributed by atoms with E-state index in [9.17, 15) is 14.4 Å². The molecule has 0 radical (unpaired) electrons. The van der Waals surface area contributed by atoms with E-state index in [1.165, 1.54) is 218 Å². The summed E-state index contributed by atoms with van der Waals surface area (Å²) in [6.45, 7) is 6.56. The molecule has 1 unspecified atom stereocenters. The molecule has 0 N–H and O–H groups in total. The first kappa shape index (κ1) is 79.6. The van der Waals surface area contributed by atoms with Gasteiger partial charge in [0.15, 0.2) is 6.10 Å². The average molecular weight is 1160 g/mol. The summed E-state index contributed by atoms with van der Waals surface area (Å²) < 4.78 is 17.0. The van der Waals surface area contributed by atoms with E-state index in [-0.39, 0.29) is 31.1 Å². The molecule has 1 atom stereocenters. The van der Waals surface area contributed by atoms with Gasteiger partial charge in [0.2, 0.25) is 0 Å². The SMILES string of the molecule is CC/C=C\C/C=C\C/C=C\C/C=C\C/C=C\C/C=C\C/C=C\CCCCCC(=O)OC(COC(=O)CCCCCCCCCCCCCCCC)COC(=O)CCCCCCCCCCCCCCCCCCCCCCCCCCCC. The van der Waals surface area contributed by atoms with Crippen LogP contribution in [0.1, 0.15) is 367 Å². The highest BCUT2D eigenvalue weighted by Gasteiger charge is 2.19. The highest BCUT2D eigenvalue weighted by atomic mass is 16.6. The Labute approximate surface area is 515 Å². The lowest BCUT2D eigenvalue weighted by Gasteiger charge is -2.18. The normalized spacial score (nSPS) is 12.6. The highest BCUT2D eigenvalue weighted by molar-refractivity contribution is 5.71. The molecule has 0 aromatic rings. The summed E-state index contributed by atoms with van der Waals surface area (Å²) in [7, 11) is 0. The zero-order chi connectivity index (χ0) is 59.9. The van der Waals surface area contributed by atoms with Crippen LogP contribution in [0, 0.1) is 0 Å². The van der Waals surface area contributed by atoms with Crippen LogP contribution in [0.3, 0.4) is 0 Å². The van der Waals surface area contributed by atoms with Crippen molar-refractivity contribution in [2.24, 2.45) is 0 Å². The van der Waals surface area contributed by atoms with Gasteiger partial charge in [-0.3, -0.25) is 14.4 Å². The van der Waals surface area contributed by atoms with Gasteiger partial charge in [-0.15, -0.1) is 0 Å². The summed E-state index contributed by atoms with van der Waals surface area (Å²) in [6, 6.07) is 0. The van der Waals surface area contributed by atoms with Gasteiger partial charge in [-0.2, -0.15) is 0 Å². The van der Waals surface area contributed by atoms with Crippen molar-refractivity contribution >= 4 is 17.9 Å². The van der Waals surface area contributed by atoms with Gasteiger partial charge in [-0.05, 0) is 77.0 Å². The maximum atomic E-state index is 13.0. The lowest BCUT2D eigenvalue weighted by atomic mass is 10.0. The summed E-state index contributed by atoms with van der Waals surface area (Å²) in [4.78, 5) is 38.5. The molecule has 0 spiro atoms. The predicted molar refractivity (Wildman–Crippen MR) is 362 cm³/mol. The maximum absolute atomic E-state index is 13.0. The fourth-order valence-corrected chi connectivity index (χ4v) is 10.5. The molecule has 0 aromatic heterocycles. The van der Waals surface area contributed by atoms with Crippen LogP contribution in [0.5, 0.6) is 0 Å². The van der Waals surface area contributed by atoms with Gasteiger partial charge in [0.25, 0.3) is 0 Å². The van der Waals surface area contributed by atoms with Crippen LogP contribution in [0.4, 0.5) is 0 Å². The first-order valence-corrected chi connectivity index (χ1v) is 36.1. The van der Waals surface area contributed by atoms with Gasteiger partial charge in [0, 0.05) is 19.3 Å². The summed E-state index contributed by atoms with van der Waals surface area (Å²) in [5, 5.41) is 0. The van der Waals surface area contributed by atoms with Crippen LogP contribution in [0.15, 0.2) is 85.1 Å². The lowest BCUT2D eigenvalue weighted by molar-refractivity contribution is -0.167. The minimum atomic E-state index is -0.794. The summed E-state index contributed by atoms with van der Waals surface area (Å²) in [6.07, 6.45) is 94.7. The zero-order valence-corrected chi connectivity index (χ0v) is 55.2. The van der Waals surface area contributed by atoms with E-state index in [0.29, 0.717) is 19.3 Å². The third-order valence-corrected chi connectivity index (χ3v) is 15.9.